The summed E-state index contributed by atoms with van der Waals surface area (Å²) in [5, 5.41) is 10.2. The van der Waals surface area contributed by atoms with Crippen LogP contribution in [0.1, 0.15) is 59.8 Å². The minimum Gasteiger partial charge on any atom is -0.393 e. The summed E-state index contributed by atoms with van der Waals surface area (Å²) in [6.07, 6.45) is 8.18. The highest BCUT2D eigenvalue weighted by molar-refractivity contribution is 5.10. The van der Waals surface area contributed by atoms with Crippen molar-refractivity contribution in [1.29, 1.82) is 0 Å². The molecule has 0 spiro atoms. The van der Waals surface area contributed by atoms with Crippen molar-refractivity contribution in [3.05, 3.63) is 11.6 Å². The Morgan fingerprint density at radius 1 is 1.25 bits per heavy atom. The van der Waals surface area contributed by atoms with Crippen LogP contribution in [0.4, 0.5) is 0 Å². The molecule has 2 aliphatic rings. The topological polar surface area (TPSA) is 20.2 Å². The zero-order chi connectivity index (χ0) is 12.0. The lowest BCUT2D eigenvalue weighted by Gasteiger charge is -2.53. The van der Waals surface area contributed by atoms with Gasteiger partial charge in [-0.05, 0) is 55.8 Å². The maximum Gasteiger partial charge on any atom is 0.0594 e. The number of fused-ring (bicyclic) bond motifs is 1. The summed E-state index contributed by atoms with van der Waals surface area (Å²) in [5.41, 5.74) is 2.05. The second kappa shape index (κ2) is 3.87. The van der Waals surface area contributed by atoms with E-state index in [2.05, 4.69) is 33.8 Å². The van der Waals surface area contributed by atoms with Crippen LogP contribution in [0.3, 0.4) is 0 Å². The van der Waals surface area contributed by atoms with Gasteiger partial charge in [-0.3, -0.25) is 0 Å². The van der Waals surface area contributed by atoms with Crippen LogP contribution in [0.15, 0.2) is 11.6 Å². The Labute approximate surface area is 99.9 Å². The highest BCUT2D eigenvalue weighted by atomic mass is 16.3. The Hall–Kier alpha value is -0.300. The number of aliphatic hydroxyl groups excluding tert-OH is 1. The van der Waals surface area contributed by atoms with Crippen LogP contribution in [-0.2, 0) is 0 Å². The fraction of sp³-hybridized carbons (Fsp3) is 0.867. The van der Waals surface area contributed by atoms with E-state index in [4.69, 9.17) is 0 Å². The van der Waals surface area contributed by atoms with Crippen molar-refractivity contribution < 1.29 is 5.11 Å². The average Bonchev–Trinajstić information content (AvgIpc) is 2.35. The van der Waals surface area contributed by atoms with Crippen molar-refractivity contribution >= 4 is 0 Å². The van der Waals surface area contributed by atoms with Crippen molar-refractivity contribution in [2.75, 3.05) is 0 Å². The van der Waals surface area contributed by atoms with Gasteiger partial charge in [0.25, 0.3) is 0 Å². The molecule has 16 heavy (non-hydrogen) atoms. The SMILES string of the molecule is CC1=CC[C@@]2(C)CC[C@H](O)C(C)(C)C2CC1. The standard InChI is InChI=1S/C15H26O/c1-11-5-6-12-14(2,3)13(16)8-10-15(12,4)9-7-11/h7,12-13,16H,5-6,8-10H2,1-4H3/t12?,13-,15-/m0/s1. The number of hydrogen-bond acceptors (Lipinski definition) is 1. The summed E-state index contributed by atoms with van der Waals surface area (Å²) >= 11 is 0. The quantitative estimate of drug-likeness (QED) is 0.616. The Morgan fingerprint density at radius 3 is 2.62 bits per heavy atom. The molecule has 2 rings (SSSR count). The van der Waals surface area contributed by atoms with Gasteiger partial charge in [0, 0.05) is 0 Å². The van der Waals surface area contributed by atoms with Gasteiger partial charge >= 0.3 is 0 Å². The third-order valence-corrected chi connectivity index (χ3v) is 5.33. The summed E-state index contributed by atoms with van der Waals surface area (Å²) in [5.74, 6) is 0.664. The minimum atomic E-state index is -0.107. The summed E-state index contributed by atoms with van der Waals surface area (Å²) in [4.78, 5) is 0. The van der Waals surface area contributed by atoms with E-state index in [0.717, 1.165) is 6.42 Å². The van der Waals surface area contributed by atoms with Gasteiger partial charge in [-0.25, -0.2) is 0 Å². The fourth-order valence-electron chi connectivity index (χ4n) is 3.99. The first kappa shape index (κ1) is 12.2. The van der Waals surface area contributed by atoms with E-state index in [-0.39, 0.29) is 11.5 Å². The Morgan fingerprint density at radius 2 is 1.94 bits per heavy atom. The molecular formula is C15H26O. The molecule has 0 aliphatic heterocycles. The fourth-order valence-corrected chi connectivity index (χ4v) is 3.99. The normalized spacial score (nSPS) is 43.2. The van der Waals surface area contributed by atoms with Crippen molar-refractivity contribution in [2.24, 2.45) is 16.7 Å². The number of hydrogen-bond donors (Lipinski definition) is 1. The zero-order valence-corrected chi connectivity index (χ0v) is 11.2. The lowest BCUT2D eigenvalue weighted by atomic mass is 9.53. The highest BCUT2D eigenvalue weighted by Gasteiger charge is 2.50. The molecule has 2 aliphatic carbocycles. The lowest BCUT2D eigenvalue weighted by molar-refractivity contribution is -0.0951. The summed E-state index contributed by atoms with van der Waals surface area (Å²) in [7, 11) is 0. The van der Waals surface area contributed by atoms with Crippen LogP contribution in [0.2, 0.25) is 0 Å². The highest BCUT2D eigenvalue weighted by Crippen LogP contribution is 2.56. The molecule has 1 N–H and O–H groups in total. The first-order chi connectivity index (χ1) is 7.36. The summed E-state index contributed by atoms with van der Waals surface area (Å²) in [6, 6.07) is 0. The molecule has 0 saturated heterocycles. The second-order valence-electron chi connectivity index (χ2n) is 6.88. The molecule has 0 aromatic rings. The van der Waals surface area contributed by atoms with E-state index in [1.807, 2.05) is 0 Å². The van der Waals surface area contributed by atoms with Gasteiger partial charge in [-0.2, -0.15) is 0 Å². The van der Waals surface area contributed by atoms with Gasteiger partial charge in [-0.15, -0.1) is 0 Å². The van der Waals surface area contributed by atoms with Gasteiger partial charge in [0.15, 0.2) is 0 Å². The summed E-state index contributed by atoms with van der Waals surface area (Å²) < 4.78 is 0. The van der Waals surface area contributed by atoms with Crippen molar-refractivity contribution in [1.82, 2.24) is 0 Å². The van der Waals surface area contributed by atoms with E-state index in [1.165, 1.54) is 25.7 Å². The maximum atomic E-state index is 10.2. The molecule has 1 nitrogen and oxygen atoms in total. The molecule has 1 saturated carbocycles. The molecule has 92 valence electrons. The molecule has 0 radical (unpaired) electrons. The van der Waals surface area contributed by atoms with Crippen LogP contribution < -0.4 is 0 Å². The van der Waals surface area contributed by atoms with Crippen LogP contribution in [0.5, 0.6) is 0 Å². The van der Waals surface area contributed by atoms with Crippen molar-refractivity contribution in [3.63, 3.8) is 0 Å². The third kappa shape index (κ3) is 1.84. The van der Waals surface area contributed by atoms with Crippen LogP contribution in [0, 0.1) is 16.7 Å². The average molecular weight is 222 g/mol. The maximum absolute atomic E-state index is 10.2. The molecule has 1 unspecified atom stereocenters. The first-order valence-corrected chi connectivity index (χ1v) is 6.70. The predicted molar refractivity (Wildman–Crippen MR) is 68.2 cm³/mol. The van der Waals surface area contributed by atoms with E-state index in [1.54, 1.807) is 5.57 Å². The Bertz CT molecular complexity index is 303. The molecule has 0 aromatic heterocycles. The van der Waals surface area contributed by atoms with Crippen molar-refractivity contribution in [3.8, 4) is 0 Å². The van der Waals surface area contributed by atoms with Gasteiger partial charge < -0.3 is 5.11 Å². The van der Waals surface area contributed by atoms with E-state index < -0.39 is 0 Å². The third-order valence-electron chi connectivity index (χ3n) is 5.33. The van der Waals surface area contributed by atoms with E-state index >= 15 is 0 Å². The van der Waals surface area contributed by atoms with E-state index in [9.17, 15) is 5.11 Å². The monoisotopic (exact) mass is 222 g/mol. The van der Waals surface area contributed by atoms with Gasteiger partial charge in [-0.1, -0.05) is 32.4 Å². The molecule has 0 amide bonds. The van der Waals surface area contributed by atoms with Crippen LogP contribution in [-0.4, -0.2) is 11.2 Å². The Kier molecular flexibility index (Phi) is 2.94. The van der Waals surface area contributed by atoms with Crippen LogP contribution >= 0.6 is 0 Å². The molecule has 1 fully saturated rings. The van der Waals surface area contributed by atoms with E-state index in [0.29, 0.717) is 11.3 Å². The van der Waals surface area contributed by atoms with Crippen molar-refractivity contribution in [2.45, 2.75) is 65.9 Å². The molecule has 0 heterocycles. The molecular weight excluding hydrogens is 196 g/mol. The molecule has 0 aromatic carbocycles. The molecule has 1 heteroatoms. The predicted octanol–water partition coefficient (Wildman–Crippen LogP) is 3.92. The molecule has 0 bridgehead atoms. The van der Waals surface area contributed by atoms with Gasteiger partial charge in [0.05, 0.1) is 6.10 Å². The largest absolute Gasteiger partial charge is 0.393 e. The van der Waals surface area contributed by atoms with Gasteiger partial charge in [0.2, 0.25) is 0 Å². The smallest absolute Gasteiger partial charge is 0.0594 e. The summed E-state index contributed by atoms with van der Waals surface area (Å²) in [6.45, 7) is 9.21. The molecule has 3 atom stereocenters. The zero-order valence-electron chi connectivity index (χ0n) is 11.2. The van der Waals surface area contributed by atoms with Gasteiger partial charge in [0.1, 0.15) is 0 Å². The second-order valence-corrected chi connectivity index (χ2v) is 6.88. The number of aliphatic hydroxyl groups is 1. The van der Waals surface area contributed by atoms with Crippen LogP contribution in [0.25, 0.3) is 0 Å². The first-order valence-electron chi connectivity index (χ1n) is 6.70. The Balaban J connectivity index is 2.30. The number of allylic oxidation sites excluding steroid dienone is 2. The number of rotatable bonds is 0. The minimum absolute atomic E-state index is 0.0888. The lowest BCUT2D eigenvalue weighted by Crippen LogP contribution is -2.49.